The van der Waals surface area contributed by atoms with Gasteiger partial charge in [-0.2, -0.15) is 10.2 Å². The minimum atomic E-state index is -0.105. The van der Waals surface area contributed by atoms with Gasteiger partial charge >= 0.3 is 0 Å². The van der Waals surface area contributed by atoms with Gasteiger partial charge in [0, 0.05) is 23.5 Å². The molecule has 154 valence electrons. The number of fused-ring (bicyclic) bond motifs is 1. The molecule has 0 saturated carbocycles. The van der Waals surface area contributed by atoms with Gasteiger partial charge in [-0.05, 0) is 42.3 Å². The van der Waals surface area contributed by atoms with Crippen LogP contribution in [0.5, 0.6) is 0 Å². The number of nitrogens with one attached hydrogen (secondary N) is 1. The Morgan fingerprint density at radius 2 is 1.77 bits per heavy atom. The smallest absolute Gasteiger partial charge is 0.265 e. The number of rotatable bonds is 6. The van der Waals surface area contributed by atoms with Crippen molar-refractivity contribution < 1.29 is 4.79 Å². The molecule has 7 heteroatoms. The number of hydrogen-bond donors (Lipinski definition) is 1. The van der Waals surface area contributed by atoms with Crippen molar-refractivity contribution in [3.63, 3.8) is 0 Å². The topological polar surface area (TPSA) is 64.7 Å². The fourth-order valence-electron chi connectivity index (χ4n) is 3.56. The molecule has 0 unspecified atom stereocenters. The van der Waals surface area contributed by atoms with E-state index in [0.717, 1.165) is 27.2 Å². The summed E-state index contributed by atoms with van der Waals surface area (Å²) < 4.78 is 3.84. The summed E-state index contributed by atoms with van der Waals surface area (Å²) in [6.45, 7) is 3.37. The Kier molecular flexibility index (Phi) is 5.09. The van der Waals surface area contributed by atoms with E-state index in [2.05, 4.69) is 27.6 Å². The molecular weight excluding hydrogens is 406 g/mol. The highest BCUT2D eigenvalue weighted by molar-refractivity contribution is 7.20. The molecule has 6 nitrogen and oxygen atoms in total. The average molecular weight is 428 g/mol. The number of carbonyl (C=O) groups is 1. The molecule has 1 N–H and O–H groups in total. The van der Waals surface area contributed by atoms with E-state index in [1.165, 1.54) is 16.9 Å². The molecule has 0 bridgehead atoms. The summed E-state index contributed by atoms with van der Waals surface area (Å²) in [5, 5.41) is 12.9. The van der Waals surface area contributed by atoms with Crippen molar-refractivity contribution in [2.75, 3.05) is 5.32 Å². The van der Waals surface area contributed by atoms with Crippen LogP contribution in [0.2, 0.25) is 0 Å². The molecule has 3 heterocycles. The minimum Gasteiger partial charge on any atom is -0.321 e. The van der Waals surface area contributed by atoms with E-state index in [4.69, 9.17) is 0 Å². The predicted octanol–water partition coefficient (Wildman–Crippen LogP) is 4.95. The summed E-state index contributed by atoms with van der Waals surface area (Å²) in [7, 11) is 0. The van der Waals surface area contributed by atoms with E-state index in [1.54, 1.807) is 6.20 Å². The van der Waals surface area contributed by atoms with E-state index in [-0.39, 0.29) is 5.91 Å². The summed E-state index contributed by atoms with van der Waals surface area (Å²) in [6.07, 6.45) is 3.69. The Labute approximate surface area is 183 Å². The van der Waals surface area contributed by atoms with Gasteiger partial charge in [-0.3, -0.25) is 14.2 Å². The van der Waals surface area contributed by atoms with Crippen LogP contribution in [0.1, 0.15) is 26.5 Å². The molecule has 1 amide bonds. The number of nitrogens with zero attached hydrogens (tertiary/aromatic N) is 4. The highest BCUT2D eigenvalue weighted by Gasteiger charge is 2.16. The molecule has 0 aliphatic heterocycles. The molecule has 2 aromatic carbocycles. The van der Waals surface area contributed by atoms with Crippen molar-refractivity contribution in [2.45, 2.75) is 20.0 Å². The minimum absolute atomic E-state index is 0.105. The molecule has 0 fully saturated rings. The van der Waals surface area contributed by atoms with Crippen molar-refractivity contribution >= 4 is 33.1 Å². The molecule has 5 rings (SSSR count). The van der Waals surface area contributed by atoms with Crippen molar-refractivity contribution in [1.29, 1.82) is 0 Å². The molecule has 0 saturated heterocycles. The van der Waals surface area contributed by atoms with Gasteiger partial charge in [0.2, 0.25) is 0 Å². The Hall–Kier alpha value is -3.71. The Morgan fingerprint density at radius 3 is 2.52 bits per heavy atom. The third-order valence-electron chi connectivity index (χ3n) is 5.12. The van der Waals surface area contributed by atoms with E-state index < -0.39 is 0 Å². The van der Waals surface area contributed by atoms with Gasteiger partial charge in [-0.15, -0.1) is 11.3 Å². The van der Waals surface area contributed by atoms with Crippen LogP contribution in [0.25, 0.3) is 10.2 Å². The maximum Gasteiger partial charge on any atom is 0.265 e. The van der Waals surface area contributed by atoms with Crippen molar-refractivity contribution in [1.82, 2.24) is 19.6 Å². The molecule has 0 spiro atoms. The lowest BCUT2D eigenvalue weighted by molar-refractivity contribution is 0.103. The first-order chi connectivity index (χ1) is 15.2. The SMILES string of the molecule is Cc1nn(Cc2ccccc2)c2sc(C(=O)Nc3ccc(Cn4cccn4)cc3)cc12. The number of benzene rings is 2. The summed E-state index contributed by atoms with van der Waals surface area (Å²) >= 11 is 1.47. The first-order valence-electron chi connectivity index (χ1n) is 10.0. The van der Waals surface area contributed by atoms with Crippen LogP contribution < -0.4 is 5.32 Å². The quantitative estimate of drug-likeness (QED) is 0.417. The third kappa shape index (κ3) is 4.13. The monoisotopic (exact) mass is 427 g/mol. The standard InChI is InChI=1S/C24H21N5OS/c1-17-21-14-22(31-24(21)29(27-17)16-18-6-3-2-4-7-18)23(30)26-20-10-8-19(9-11-20)15-28-13-5-12-25-28/h2-14H,15-16H2,1H3,(H,26,30). The molecule has 0 aliphatic rings. The highest BCUT2D eigenvalue weighted by atomic mass is 32.1. The van der Waals surface area contributed by atoms with Crippen LogP contribution in [0.4, 0.5) is 5.69 Å². The summed E-state index contributed by atoms with van der Waals surface area (Å²) in [4.78, 5) is 14.6. The molecule has 3 aromatic heterocycles. The molecular formula is C24H21N5OS. The summed E-state index contributed by atoms with van der Waals surface area (Å²) in [5.41, 5.74) is 4.01. The molecule has 5 aromatic rings. The lowest BCUT2D eigenvalue weighted by Crippen LogP contribution is -2.10. The summed E-state index contributed by atoms with van der Waals surface area (Å²) in [5.74, 6) is -0.105. The first-order valence-corrected chi connectivity index (χ1v) is 10.9. The maximum absolute atomic E-state index is 12.9. The fourth-order valence-corrected chi connectivity index (χ4v) is 4.61. The number of aromatic nitrogens is 4. The van der Waals surface area contributed by atoms with E-state index in [1.807, 2.05) is 77.1 Å². The van der Waals surface area contributed by atoms with Gasteiger partial charge in [-0.1, -0.05) is 42.5 Å². The highest BCUT2D eigenvalue weighted by Crippen LogP contribution is 2.29. The second kappa shape index (κ2) is 8.20. The second-order valence-corrected chi connectivity index (χ2v) is 8.44. The zero-order chi connectivity index (χ0) is 21.2. The van der Waals surface area contributed by atoms with Gasteiger partial charge in [0.25, 0.3) is 5.91 Å². The molecule has 31 heavy (non-hydrogen) atoms. The summed E-state index contributed by atoms with van der Waals surface area (Å²) in [6, 6.07) is 21.9. The van der Waals surface area contributed by atoms with Crippen molar-refractivity contribution in [2.24, 2.45) is 0 Å². The van der Waals surface area contributed by atoms with Gasteiger partial charge in [0.15, 0.2) is 0 Å². The van der Waals surface area contributed by atoms with Crippen LogP contribution in [0.3, 0.4) is 0 Å². The van der Waals surface area contributed by atoms with Crippen molar-refractivity contribution in [3.8, 4) is 0 Å². The first kappa shape index (κ1) is 19.3. The average Bonchev–Trinajstić information content (AvgIpc) is 3.50. The molecule has 0 radical (unpaired) electrons. The van der Waals surface area contributed by atoms with Crippen LogP contribution >= 0.6 is 11.3 Å². The Bertz CT molecular complexity index is 1320. The molecule has 0 atom stereocenters. The van der Waals surface area contributed by atoms with Gasteiger partial charge in [-0.25, -0.2) is 0 Å². The van der Waals surface area contributed by atoms with Crippen LogP contribution in [0.15, 0.2) is 79.1 Å². The van der Waals surface area contributed by atoms with Gasteiger partial charge in [0.05, 0.1) is 23.7 Å². The lowest BCUT2D eigenvalue weighted by atomic mass is 10.2. The van der Waals surface area contributed by atoms with E-state index >= 15 is 0 Å². The van der Waals surface area contributed by atoms with E-state index in [0.29, 0.717) is 18.0 Å². The second-order valence-electron chi connectivity index (χ2n) is 7.41. The Morgan fingerprint density at radius 1 is 1.00 bits per heavy atom. The van der Waals surface area contributed by atoms with E-state index in [9.17, 15) is 4.79 Å². The van der Waals surface area contributed by atoms with Gasteiger partial charge < -0.3 is 5.32 Å². The number of hydrogen-bond acceptors (Lipinski definition) is 4. The van der Waals surface area contributed by atoms with Crippen LogP contribution in [-0.4, -0.2) is 25.5 Å². The lowest BCUT2D eigenvalue weighted by Gasteiger charge is -2.06. The molecule has 0 aliphatic carbocycles. The zero-order valence-corrected chi connectivity index (χ0v) is 17.8. The van der Waals surface area contributed by atoms with Gasteiger partial charge in [0.1, 0.15) is 4.83 Å². The largest absolute Gasteiger partial charge is 0.321 e. The predicted molar refractivity (Wildman–Crippen MR) is 124 cm³/mol. The number of carbonyl (C=O) groups excluding carboxylic acids is 1. The third-order valence-corrected chi connectivity index (χ3v) is 6.27. The zero-order valence-electron chi connectivity index (χ0n) is 17.0. The number of anilines is 1. The van der Waals surface area contributed by atoms with Crippen LogP contribution in [-0.2, 0) is 13.1 Å². The Balaban J connectivity index is 1.32. The van der Waals surface area contributed by atoms with Crippen molar-refractivity contribution in [3.05, 3.63) is 101 Å². The number of thiophene rings is 1. The number of amides is 1. The normalized spacial score (nSPS) is 11.1. The number of aryl methyl sites for hydroxylation is 1. The fraction of sp³-hybridized carbons (Fsp3) is 0.125. The maximum atomic E-state index is 12.9. The van der Waals surface area contributed by atoms with Crippen LogP contribution in [0, 0.1) is 6.92 Å².